The summed E-state index contributed by atoms with van der Waals surface area (Å²) in [4.78, 5) is 25.8. The average molecular weight is 551 g/mol. The number of hydrogen-bond donors (Lipinski definition) is 3. The van der Waals surface area contributed by atoms with Crippen LogP contribution in [0.2, 0.25) is 0 Å². The van der Waals surface area contributed by atoms with Crippen molar-refractivity contribution in [2.24, 2.45) is 0 Å². The molecule has 0 fully saturated rings. The highest BCUT2D eigenvalue weighted by atomic mass is 19.1. The van der Waals surface area contributed by atoms with Crippen molar-refractivity contribution in [2.45, 2.75) is 6.54 Å². The second-order valence-corrected chi connectivity index (χ2v) is 10.6. The van der Waals surface area contributed by atoms with Gasteiger partial charge < -0.3 is 20.1 Å². The Morgan fingerprint density at radius 1 is 0.927 bits per heavy atom. The molecule has 6 aromatic rings. The topological polar surface area (TPSA) is 115 Å². The Bertz CT molecular complexity index is 1840. The molecule has 5 aromatic heterocycles. The number of rotatable bonds is 9. The summed E-state index contributed by atoms with van der Waals surface area (Å²) in [6.07, 6.45) is 7.13. The number of likely N-dealkylation sites (N-methyl/N-ethyl adjacent to an activating group) is 1. The lowest BCUT2D eigenvalue weighted by Gasteiger charge is -2.13. The van der Waals surface area contributed by atoms with Crippen molar-refractivity contribution in [3.05, 3.63) is 72.6 Å². The van der Waals surface area contributed by atoms with Gasteiger partial charge in [-0.15, -0.1) is 0 Å². The molecule has 0 saturated heterocycles. The zero-order valence-corrected chi connectivity index (χ0v) is 23.4. The highest BCUT2D eigenvalue weighted by Gasteiger charge is 2.17. The number of halogens is 1. The number of imidazole rings is 1. The van der Waals surface area contributed by atoms with E-state index in [9.17, 15) is 4.39 Å². The molecule has 10 nitrogen and oxygen atoms in total. The zero-order valence-electron chi connectivity index (χ0n) is 23.4. The summed E-state index contributed by atoms with van der Waals surface area (Å²) in [7, 11) is 8.06. The van der Waals surface area contributed by atoms with Crippen LogP contribution in [0.3, 0.4) is 0 Å². The minimum Gasteiger partial charge on any atom is -0.384 e. The van der Waals surface area contributed by atoms with E-state index in [1.807, 2.05) is 58.8 Å². The van der Waals surface area contributed by atoms with Gasteiger partial charge in [0.15, 0.2) is 11.5 Å². The smallest absolute Gasteiger partial charge is 0.178 e. The van der Waals surface area contributed by atoms with E-state index in [0.717, 1.165) is 51.9 Å². The molecular weight excluding hydrogens is 519 g/mol. The number of aromatic nitrogens is 7. The lowest BCUT2D eigenvalue weighted by Crippen LogP contribution is -2.20. The van der Waals surface area contributed by atoms with Crippen LogP contribution >= 0.6 is 0 Å². The molecule has 0 aliphatic rings. The highest BCUT2D eigenvalue weighted by Crippen LogP contribution is 2.33. The van der Waals surface area contributed by atoms with Gasteiger partial charge in [-0.25, -0.2) is 14.4 Å². The molecule has 0 amide bonds. The minimum absolute atomic E-state index is 0.318. The molecule has 0 radical (unpaired) electrons. The number of nitrogens with zero attached hydrogens (tertiary/aromatic N) is 7. The molecule has 41 heavy (non-hydrogen) atoms. The summed E-state index contributed by atoms with van der Waals surface area (Å²) in [5, 5.41) is 11.8. The largest absolute Gasteiger partial charge is 0.384 e. The van der Waals surface area contributed by atoms with Crippen LogP contribution < -0.4 is 5.32 Å². The van der Waals surface area contributed by atoms with Gasteiger partial charge >= 0.3 is 0 Å². The number of hydrogen-bond acceptors (Lipinski definition) is 8. The van der Waals surface area contributed by atoms with E-state index < -0.39 is 0 Å². The molecule has 5 heterocycles. The predicted molar refractivity (Wildman–Crippen MR) is 160 cm³/mol. The van der Waals surface area contributed by atoms with Crippen molar-refractivity contribution < 1.29 is 4.39 Å². The summed E-state index contributed by atoms with van der Waals surface area (Å²) < 4.78 is 14.6. The summed E-state index contributed by atoms with van der Waals surface area (Å²) in [6, 6.07) is 10.9. The van der Waals surface area contributed by atoms with Crippen molar-refractivity contribution in [2.75, 3.05) is 46.6 Å². The Morgan fingerprint density at radius 2 is 1.80 bits per heavy atom. The highest BCUT2D eigenvalue weighted by molar-refractivity contribution is 5.97. The maximum Gasteiger partial charge on any atom is 0.178 e. The zero-order chi connectivity index (χ0) is 28.5. The molecule has 0 atom stereocenters. The quantitative estimate of drug-likeness (QED) is 0.235. The number of aromatic amines is 2. The fourth-order valence-electron chi connectivity index (χ4n) is 4.87. The molecular formula is C30H31FN10. The van der Waals surface area contributed by atoms with E-state index in [-0.39, 0.29) is 5.82 Å². The van der Waals surface area contributed by atoms with Crippen LogP contribution in [0.25, 0.3) is 56.0 Å². The normalized spacial score (nSPS) is 11.8. The Balaban J connectivity index is 1.37. The van der Waals surface area contributed by atoms with Crippen LogP contribution in [0, 0.1) is 5.82 Å². The maximum absolute atomic E-state index is 14.6. The van der Waals surface area contributed by atoms with Crippen molar-refractivity contribution in [1.82, 2.24) is 44.9 Å². The molecule has 0 unspecified atom stereocenters. The Kier molecular flexibility index (Phi) is 7.12. The third-order valence-corrected chi connectivity index (χ3v) is 6.75. The standard InChI is InChI=1S/C30H31FN10/c1-40(2)8-7-33-22-11-19(10-21(31)12-22)23-5-6-34-29-27(23)36-30(37-29)28-24-13-25(35-16-26(24)38-39-28)20-9-18(14-32-15-20)17-41(3)4/h5-6,9-16,33H,7-8,17H2,1-4H3,(H,38,39)(H,34,36,37). The molecule has 0 saturated carbocycles. The number of nitrogens with one attached hydrogen (secondary N) is 3. The van der Waals surface area contributed by atoms with Gasteiger partial charge in [0.1, 0.15) is 11.5 Å². The average Bonchev–Trinajstić information content (AvgIpc) is 3.56. The van der Waals surface area contributed by atoms with Gasteiger partial charge in [-0.2, -0.15) is 5.10 Å². The Hall–Kier alpha value is -4.74. The fourth-order valence-corrected chi connectivity index (χ4v) is 4.87. The molecule has 6 rings (SSSR count). The minimum atomic E-state index is -0.318. The first-order valence-electron chi connectivity index (χ1n) is 13.3. The SMILES string of the molecule is CN(C)CCNc1cc(F)cc(-c2ccnc3nc(-c4n[nH]c5cnc(-c6cncc(CN(C)C)c6)cc45)[nH]c23)c1. The van der Waals surface area contributed by atoms with Crippen LogP contribution in [0.5, 0.6) is 0 Å². The number of anilines is 1. The number of pyridine rings is 3. The summed E-state index contributed by atoms with van der Waals surface area (Å²) in [5.41, 5.74) is 7.72. The lowest BCUT2D eigenvalue weighted by molar-refractivity contribution is 0.402. The van der Waals surface area contributed by atoms with E-state index in [4.69, 9.17) is 4.98 Å². The second kappa shape index (κ2) is 11.0. The third-order valence-electron chi connectivity index (χ3n) is 6.75. The first-order chi connectivity index (χ1) is 19.8. The Morgan fingerprint density at radius 3 is 2.63 bits per heavy atom. The summed E-state index contributed by atoms with van der Waals surface area (Å²) >= 11 is 0. The summed E-state index contributed by atoms with van der Waals surface area (Å²) in [5.74, 6) is 0.241. The fraction of sp³-hybridized carbons (Fsp3) is 0.233. The Labute approximate surface area is 236 Å². The molecule has 0 aliphatic carbocycles. The van der Waals surface area contributed by atoms with E-state index in [1.165, 1.54) is 12.1 Å². The molecule has 208 valence electrons. The third kappa shape index (κ3) is 5.63. The number of fused-ring (bicyclic) bond motifs is 2. The second-order valence-electron chi connectivity index (χ2n) is 10.6. The van der Waals surface area contributed by atoms with Crippen LogP contribution in [-0.2, 0) is 6.54 Å². The molecule has 11 heteroatoms. The van der Waals surface area contributed by atoms with E-state index >= 15 is 0 Å². The van der Waals surface area contributed by atoms with E-state index in [1.54, 1.807) is 12.4 Å². The number of benzene rings is 1. The van der Waals surface area contributed by atoms with Crippen LogP contribution in [0.4, 0.5) is 10.1 Å². The summed E-state index contributed by atoms with van der Waals surface area (Å²) in [6.45, 7) is 2.32. The van der Waals surface area contributed by atoms with Gasteiger partial charge in [0.05, 0.1) is 22.9 Å². The van der Waals surface area contributed by atoms with Gasteiger partial charge in [0, 0.05) is 60.4 Å². The number of H-pyrrole nitrogens is 2. The molecule has 0 aliphatic heterocycles. The van der Waals surface area contributed by atoms with Crippen molar-refractivity contribution in [3.8, 4) is 33.9 Å². The van der Waals surface area contributed by atoms with Gasteiger partial charge in [-0.1, -0.05) is 0 Å². The lowest BCUT2D eigenvalue weighted by atomic mass is 10.0. The molecule has 1 aromatic carbocycles. The monoisotopic (exact) mass is 550 g/mol. The van der Waals surface area contributed by atoms with Gasteiger partial charge in [0.25, 0.3) is 0 Å². The van der Waals surface area contributed by atoms with E-state index in [2.05, 4.69) is 51.3 Å². The van der Waals surface area contributed by atoms with Gasteiger partial charge in [-0.05, 0) is 75.7 Å². The first kappa shape index (κ1) is 26.5. The predicted octanol–water partition coefficient (Wildman–Crippen LogP) is 4.80. The molecule has 3 N–H and O–H groups in total. The molecule has 0 spiro atoms. The van der Waals surface area contributed by atoms with Gasteiger partial charge in [-0.3, -0.25) is 15.1 Å². The van der Waals surface area contributed by atoms with Crippen molar-refractivity contribution in [3.63, 3.8) is 0 Å². The maximum atomic E-state index is 14.6. The van der Waals surface area contributed by atoms with Crippen molar-refractivity contribution in [1.29, 1.82) is 0 Å². The van der Waals surface area contributed by atoms with Crippen LogP contribution in [0.15, 0.2) is 61.2 Å². The van der Waals surface area contributed by atoms with Crippen LogP contribution in [0.1, 0.15) is 5.56 Å². The first-order valence-corrected chi connectivity index (χ1v) is 13.3. The van der Waals surface area contributed by atoms with Crippen LogP contribution in [-0.4, -0.2) is 86.2 Å². The van der Waals surface area contributed by atoms with Gasteiger partial charge in [0.2, 0.25) is 0 Å². The molecule has 0 bridgehead atoms. The van der Waals surface area contributed by atoms with Crippen molar-refractivity contribution >= 4 is 27.8 Å². The van der Waals surface area contributed by atoms with E-state index in [0.29, 0.717) is 34.9 Å².